The number of amides is 1. The number of benzene rings is 2. The Kier molecular flexibility index (Phi) is 4.93. The van der Waals surface area contributed by atoms with Crippen molar-refractivity contribution in [2.45, 2.75) is 19.8 Å². The molecule has 0 bridgehead atoms. The van der Waals surface area contributed by atoms with E-state index in [1.807, 2.05) is 24.3 Å². The molecule has 1 amide bonds. The van der Waals surface area contributed by atoms with E-state index in [2.05, 4.69) is 5.32 Å². The molecular weight excluding hydrogens is 269 g/mol. The molecule has 0 aliphatic heterocycles. The molecule has 0 saturated heterocycles. The zero-order valence-corrected chi connectivity index (χ0v) is 12.2. The van der Waals surface area contributed by atoms with Crippen LogP contribution in [0.15, 0.2) is 42.5 Å². The Morgan fingerprint density at radius 3 is 2.76 bits per heavy atom. The van der Waals surface area contributed by atoms with Crippen molar-refractivity contribution < 1.29 is 13.9 Å². The summed E-state index contributed by atoms with van der Waals surface area (Å²) in [6.07, 6.45) is 0.872. The van der Waals surface area contributed by atoms with Crippen molar-refractivity contribution in [3.8, 4) is 5.75 Å². The molecule has 0 radical (unpaired) electrons. The Balaban J connectivity index is 1.92. The number of methoxy groups -OCH3 is 1. The fourth-order valence-electron chi connectivity index (χ4n) is 2.02. The maximum atomic E-state index is 13.6. The Hall–Kier alpha value is -2.36. The minimum absolute atomic E-state index is 0.208. The van der Waals surface area contributed by atoms with Crippen LogP contribution in [0.1, 0.15) is 17.5 Å². The van der Waals surface area contributed by atoms with Crippen LogP contribution in [0.3, 0.4) is 0 Å². The van der Waals surface area contributed by atoms with Crippen molar-refractivity contribution >= 4 is 11.6 Å². The molecule has 2 rings (SSSR count). The highest BCUT2D eigenvalue weighted by molar-refractivity contribution is 5.90. The van der Waals surface area contributed by atoms with Gasteiger partial charge in [-0.05, 0) is 48.7 Å². The minimum Gasteiger partial charge on any atom is -0.497 e. The first-order valence-corrected chi connectivity index (χ1v) is 6.77. The summed E-state index contributed by atoms with van der Waals surface area (Å²) >= 11 is 0. The second kappa shape index (κ2) is 6.88. The highest BCUT2D eigenvalue weighted by Crippen LogP contribution is 2.17. The zero-order chi connectivity index (χ0) is 15.2. The average molecular weight is 287 g/mol. The SMILES string of the molecule is COc1cccc(CCC(=O)Nc2ccc(C)cc2F)c1. The van der Waals surface area contributed by atoms with Gasteiger partial charge in [0.15, 0.2) is 0 Å². The van der Waals surface area contributed by atoms with Gasteiger partial charge in [0.2, 0.25) is 5.91 Å². The van der Waals surface area contributed by atoms with Crippen LogP contribution in [0.4, 0.5) is 10.1 Å². The fraction of sp³-hybridized carbons (Fsp3) is 0.235. The molecule has 0 saturated carbocycles. The zero-order valence-electron chi connectivity index (χ0n) is 12.2. The van der Waals surface area contributed by atoms with Crippen LogP contribution in [0, 0.1) is 12.7 Å². The number of nitrogens with one attached hydrogen (secondary N) is 1. The first-order chi connectivity index (χ1) is 10.1. The summed E-state index contributed by atoms with van der Waals surface area (Å²) in [6, 6.07) is 12.3. The third kappa shape index (κ3) is 4.31. The third-order valence-electron chi connectivity index (χ3n) is 3.17. The van der Waals surface area contributed by atoms with Crippen LogP contribution in [-0.2, 0) is 11.2 Å². The van der Waals surface area contributed by atoms with Crippen LogP contribution in [0.25, 0.3) is 0 Å². The van der Waals surface area contributed by atoms with Crippen molar-refractivity contribution in [3.05, 3.63) is 59.4 Å². The number of hydrogen-bond acceptors (Lipinski definition) is 2. The Morgan fingerprint density at radius 2 is 2.05 bits per heavy atom. The van der Waals surface area contributed by atoms with Gasteiger partial charge in [0.25, 0.3) is 0 Å². The van der Waals surface area contributed by atoms with E-state index >= 15 is 0 Å². The van der Waals surface area contributed by atoms with E-state index in [0.29, 0.717) is 12.8 Å². The standard InChI is InChI=1S/C17H18FNO2/c1-12-6-8-16(15(18)10-12)19-17(20)9-7-13-4-3-5-14(11-13)21-2/h3-6,8,10-11H,7,9H2,1-2H3,(H,19,20). The molecule has 21 heavy (non-hydrogen) atoms. The van der Waals surface area contributed by atoms with Crippen LogP contribution >= 0.6 is 0 Å². The molecule has 4 heteroatoms. The Labute approximate surface area is 123 Å². The highest BCUT2D eigenvalue weighted by atomic mass is 19.1. The van der Waals surface area contributed by atoms with E-state index in [0.717, 1.165) is 16.9 Å². The molecule has 0 aromatic heterocycles. The molecule has 0 aliphatic carbocycles. The molecule has 0 fully saturated rings. The molecule has 110 valence electrons. The quantitative estimate of drug-likeness (QED) is 0.910. The molecule has 0 spiro atoms. The summed E-state index contributed by atoms with van der Waals surface area (Å²) in [5, 5.41) is 2.59. The summed E-state index contributed by atoms with van der Waals surface area (Å²) in [5.41, 5.74) is 2.05. The maximum Gasteiger partial charge on any atom is 0.224 e. The van der Waals surface area contributed by atoms with Crippen LogP contribution < -0.4 is 10.1 Å². The molecule has 3 nitrogen and oxygen atoms in total. The minimum atomic E-state index is -0.412. The largest absolute Gasteiger partial charge is 0.497 e. The molecule has 1 N–H and O–H groups in total. The van der Waals surface area contributed by atoms with E-state index in [1.54, 1.807) is 26.2 Å². The Morgan fingerprint density at radius 1 is 1.24 bits per heavy atom. The molecular formula is C17H18FNO2. The van der Waals surface area contributed by atoms with Gasteiger partial charge in [-0.15, -0.1) is 0 Å². The van der Waals surface area contributed by atoms with Gasteiger partial charge in [-0.3, -0.25) is 4.79 Å². The van der Waals surface area contributed by atoms with Crippen LogP contribution in [0.5, 0.6) is 5.75 Å². The maximum absolute atomic E-state index is 13.6. The molecule has 0 heterocycles. The smallest absolute Gasteiger partial charge is 0.224 e. The summed E-state index contributed by atoms with van der Waals surface area (Å²) in [7, 11) is 1.60. The second-order valence-corrected chi connectivity index (χ2v) is 4.88. The lowest BCUT2D eigenvalue weighted by atomic mass is 10.1. The van der Waals surface area contributed by atoms with Crippen molar-refractivity contribution in [3.63, 3.8) is 0 Å². The number of rotatable bonds is 5. The lowest BCUT2D eigenvalue weighted by Crippen LogP contribution is -2.13. The number of carbonyl (C=O) groups excluding carboxylic acids is 1. The number of carbonyl (C=O) groups is 1. The molecule has 0 atom stereocenters. The molecule has 2 aromatic rings. The number of halogens is 1. The summed E-state index contributed by atoms with van der Waals surface area (Å²) in [6.45, 7) is 1.80. The van der Waals surface area contributed by atoms with Gasteiger partial charge < -0.3 is 10.1 Å². The second-order valence-electron chi connectivity index (χ2n) is 4.88. The van der Waals surface area contributed by atoms with Crippen molar-refractivity contribution in [1.82, 2.24) is 0 Å². The fourth-order valence-corrected chi connectivity index (χ4v) is 2.02. The molecule has 0 aliphatic rings. The van der Waals surface area contributed by atoms with Crippen LogP contribution in [-0.4, -0.2) is 13.0 Å². The predicted molar refractivity (Wildman–Crippen MR) is 81.1 cm³/mol. The van der Waals surface area contributed by atoms with Crippen molar-refractivity contribution in [1.29, 1.82) is 0 Å². The normalized spacial score (nSPS) is 10.2. The number of aryl methyl sites for hydroxylation is 2. The molecule has 2 aromatic carbocycles. The Bertz CT molecular complexity index is 640. The predicted octanol–water partition coefficient (Wildman–Crippen LogP) is 3.71. The van der Waals surface area contributed by atoms with Crippen molar-refractivity contribution in [2.75, 3.05) is 12.4 Å². The summed E-state index contributed by atoms with van der Waals surface area (Å²) in [4.78, 5) is 11.9. The highest BCUT2D eigenvalue weighted by Gasteiger charge is 2.07. The third-order valence-corrected chi connectivity index (χ3v) is 3.17. The van der Waals surface area contributed by atoms with Gasteiger partial charge in [0.1, 0.15) is 11.6 Å². The van der Waals surface area contributed by atoms with Gasteiger partial charge in [0, 0.05) is 6.42 Å². The monoisotopic (exact) mass is 287 g/mol. The first kappa shape index (κ1) is 15.0. The number of ether oxygens (including phenoxy) is 1. The van der Waals surface area contributed by atoms with E-state index in [-0.39, 0.29) is 11.6 Å². The number of anilines is 1. The van der Waals surface area contributed by atoms with Gasteiger partial charge in [-0.25, -0.2) is 4.39 Å². The average Bonchev–Trinajstić information content (AvgIpc) is 2.48. The van der Waals surface area contributed by atoms with E-state index < -0.39 is 5.82 Å². The van der Waals surface area contributed by atoms with Crippen molar-refractivity contribution in [2.24, 2.45) is 0 Å². The lowest BCUT2D eigenvalue weighted by molar-refractivity contribution is -0.116. The summed E-state index contributed by atoms with van der Waals surface area (Å²) < 4.78 is 18.8. The van der Waals surface area contributed by atoms with Gasteiger partial charge in [-0.1, -0.05) is 18.2 Å². The number of hydrogen-bond donors (Lipinski definition) is 1. The van der Waals surface area contributed by atoms with Gasteiger partial charge >= 0.3 is 0 Å². The molecule has 0 unspecified atom stereocenters. The topological polar surface area (TPSA) is 38.3 Å². The summed E-state index contributed by atoms with van der Waals surface area (Å²) in [5.74, 6) is 0.141. The lowest BCUT2D eigenvalue weighted by Gasteiger charge is -2.08. The van der Waals surface area contributed by atoms with Crippen LogP contribution in [0.2, 0.25) is 0 Å². The van der Waals surface area contributed by atoms with E-state index in [1.165, 1.54) is 6.07 Å². The van der Waals surface area contributed by atoms with Gasteiger partial charge in [-0.2, -0.15) is 0 Å². The van der Waals surface area contributed by atoms with E-state index in [9.17, 15) is 9.18 Å². The van der Waals surface area contributed by atoms with Gasteiger partial charge in [0.05, 0.1) is 12.8 Å². The first-order valence-electron chi connectivity index (χ1n) is 6.77. The van der Waals surface area contributed by atoms with E-state index in [4.69, 9.17) is 4.74 Å².